The first-order valence-corrected chi connectivity index (χ1v) is 12.0. The van der Waals surface area contributed by atoms with Crippen molar-refractivity contribution in [2.24, 2.45) is 5.92 Å². The lowest BCUT2D eigenvalue weighted by Crippen LogP contribution is -2.65. The van der Waals surface area contributed by atoms with Crippen LogP contribution in [0.3, 0.4) is 0 Å². The first-order valence-electron chi connectivity index (χ1n) is 10.4. The molecule has 4 rings (SSSR count). The number of fused-ring (bicyclic) bond motifs is 1. The van der Waals surface area contributed by atoms with E-state index in [0.717, 1.165) is 10.5 Å². The molecule has 180 valence electrons. The maximum absolute atomic E-state index is 13.2. The molecule has 2 aromatic carbocycles. The first kappa shape index (κ1) is 23.6. The highest BCUT2D eigenvalue weighted by molar-refractivity contribution is 7.93. The van der Waals surface area contributed by atoms with Crippen molar-refractivity contribution in [1.29, 1.82) is 0 Å². The number of amides is 1. The molecule has 0 spiro atoms. The molecule has 34 heavy (non-hydrogen) atoms. The number of phenolic OH excluding ortho intramolecular Hbond substituents is 1. The van der Waals surface area contributed by atoms with Crippen LogP contribution in [0.25, 0.3) is 0 Å². The Morgan fingerprint density at radius 2 is 1.76 bits per heavy atom. The Hall–Kier alpha value is -3.60. The summed E-state index contributed by atoms with van der Waals surface area (Å²) in [6, 6.07) is 12.9. The molecule has 0 unspecified atom stereocenters. The van der Waals surface area contributed by atoms with E-state index < -0.39 is 56.6 Å². The molecule has 1 N–H and O–H groups in total. The number of phenols is 1. The number of hydrogen-bond acceptors (Lipinski definition) is 9. The molecule has 2 aliphatic heterocycles. The van der Waals surface area contributed by atoms with E-state index in [9.17, 15) is 27.9 Å². The molecule has 0 bridgehead atoms. The van der Waals surface area contributed by atoms with Crippen LogP contribution in [-0.2, 0) is 35.5 Å². The minimum absolute atomic E-state index is 0.00988. The number of β-lactam (4-membered cyclic amide) rings is 1. The lowest BCUT2D eigenvalue weighted by molar-refractivity contribution is -0.164. The molecule has 3 atom stereocenters. The van der Waals surface area contributed by atoms with Gasteiger partial charge in [-0.25, -0.2) is 18.0 Å². The minimum atomic E-state index is -4.02. The minimum Gasteiger partial charge on any atom is -0.508 e. The number of aromatic hydroxyl groups is 1. The van der Waals surface area contributed by atoms with E-state index in [1.165, 1.54) is 38.1 Å². The molecular weight excluding hydrogens is 466 g/mol. The van der Waals surface area contributed by atoms with Gasteiger partial charge in [0.2, 0.25) is 5.91 Å². The van der Waals surface area contributed by atoms with Gasteiger partial charge in [0.15, 0.2) is 21.3 Å². The molecule has 2 saturated heterocycles. The fourth-order valence-electron chi connectivity index (χ4n) is 4.18. The summed E-state index contributed by atoms with van der Waals surface area (Å²) in [5.41, 5.74) is 0.735. The maximum Gasteiger partial charge on any atom is 0.508 e. The largest absolute Gasteiger partial charge is 0.508 e. The number of sulfone groups is 1. The Morgan fingerprint density at radius 1 is 1.06 bits per heavy atom. The lowest BCUT2D eigenvalue weighted by Gasteiger charge is -2.42. The Balaban J connectivity index is 1.43. The Kier molecular flexibility index (Phi) is 5.98. The molecule has 10 nitrogen and oxygen atoms in total. The van der Waals surface area contributed by atoms with Crippen LogP contribution < -0.4 is 4.74 Å². The summed E-state index contributed by atoms with van der Waals surface area (Å²) in [4.78, 5) is 38.6. The van der Waals surface area contributed by atoms with Crippen molar-refractivity contribution < 1.29 is 42.1 Å². The highest BCUT2D eigenvalue weighted by Gasteiger charge is 2.72. The molecule has 0 aliphatic carbocycles. The number of nitrogens with zero attached hydrogens (tertiary/aromatic N) is 1. The topological polar surface area (TPSA) is 137 Å². The van der Waals surface area contributed by atoms with Gasteiger partial charge in [-0.15, -0.1) is 0 Å². The fourth-order valence-corrected chi connectivity index (χ4v) is 6.47. The van der Waals surface area contributed by atoms with Crippen LogP contribution in [0.4, 0.5) is 4.79 Å². The number of carbonyl (C=O) groups is 3. The molecule has 11 heteroatoms. The molecule has 0 aromatic heterocycles. The van der Waals surface area contributed by atoms with E-state index in [1.54, 1.807) is 24.3 Å². The van der Waals surface area contributed by atoms with Gasteiger partial charge in [0, 0.05) is 6.07 Å². The summed E-state index contributed by atoms with van der Waals surface area (Å²) in [6.45, 7) is 2.14. The second-order valence-electron chi connectivity index (χ2n) is 8.55. The first-order chi connectivity index (χ1) is 16.0. The highest BCUT2D eigenvalue weighted by atomic mass is 32.2. The summed E-state index contributed by atoms with van der Waals surface area (Å²) < 4.78 is 40.0. The number of rotatable bonds is 6. The van der Waals surface area contributed by atoms with Gasteiger partial charge in [-0.05, 0) is 31.5 Å². The zero-order valence-electron chi connectivity index (χ0n) is 18.4. The Labute approximate surface area is 195 Å². The zero-order valence-corrected chi connectivity index (χ0v) is 19.2. The smallest absolute Gasteiger partial charge is 0.508 e. The van der Waals surface area contributed by atoms with E-state index >= 15 is 0 Å². The van der Waals surface area contributed by atoms with Crippen molar-refractivity contribution in [2.45, 2.75) is 36.6 Å². The van der Waals surface area contributed by atoms with Crippen LogP contribution in [0.15, 0.2) is 54.6 Å². The predicted octanol–water partition coefficient (Wildman–Crippen LogP) is 2.01. The molecule has 2 heterocycles. The van der Waals surface area contributed by atoms with E-state index in [0.29, 0.717) is 0 Å². The monoisotopic (exact) mass is 489 g/mol. The van der Waals surface area contributed by atoms with Crippen molar-refractivity contribution in [3.8, 4) is 11.5 Å². The van der Waals surface area contributed by atoms with Gasteiger partial charge in [0.05, 0.1) is 4.75 Å². The number of benzene rings is 2. The standard InChI is InChI=1S/C23H23NO9S/c1-23(2)18(21(27)33-16-10-6-9-15(25)11-16)24-19(26)17(20(24)34(23,29)30)13-32-22(28)31-12-14-7-4-3-5-8-14/h3-11,17-18,20,25H,12-13H2,1-2H3/t17-,18+,20-/m1/s1. The molecule has 2 aliphatic rings. The molecule has 0 radical (unpaired) electrons. The average molecular weight is 490 g/mol. The van der Waals surface area contributed by atoms with Gasteiger partial charge in [0.25, 0.3) is 0 Å². The van der Waals surface area contributed by atoms with Crippen LogP contribution in [0.2, 0.25) is 0 Å². The van der Waals surface area contributed by atoms with Gasteiger partial charge in [-0.3, -0.25) is 4.79 Å². The van der Waals surface area contributed by atoms with Crippen molar-refractivity contribution in [1.82, 2.24) is 4.90 Å². The summed E-state index contributed by atoms with van der Waals surface area (Å²) in [5.74, 6) is -2.88. The van der Waals surface area contributed by atoms with Gasteiger partial charge in [-0.1, -0.05) is 36.4 Å². The molecule has 2 aromatic rings. The normalized spacial score (nSPS) is 24.0. The maximum atomic E-state index is 13.2. The number of ether oxygens (including phenoxy) is 3. The van der Waals surface area contributed by atoms with Crippen molar-refractivity contribution in [3.05, 3.63) is 60.2 Å². The fraction of sp³-hybridized carbons (Fsp3) is 0.348. The average Bonchev–Trinajstić information content (AvgIpc) is 2.93. The second-order valence-corrected chi connectivity index (χ2v) is 11.2. The Morgan fingerprint density at radius 3 is 2.44 bits per heavy atom. The summed E-state index contributed by atoms with van der Waals surface area (Å²) in [7, 11) is -4.02. The van der Waals surface area contributed by atoms with Gasteiger partial charge in [0.1, 0.15) is 30.6 Å². The van der Waals surface area contributed by atoms with E-state index in [1.807, 2.05) is 6.07 Å². The zero-order chi connectivity index (χ0) is 24.7. The highest BCUT2D eigenvalue weighted by Crippen LogP contribution is 2.49. The summed E-state index contributed by atoms with van der Waals surface area (Å²) in [6.07, 6.45) is -1.04. The quantitative estimate of drug-likeness (QED) is 0.367. The van der Waals surface area contributed by atoms with Crippen molar-refractivity contribution in [2.75, 3.05) is 6.61 Å². The Bertz CT molecular complexity index is 1230. The van der Waals surface area contributed by atoms with Crippen LogP contribution in [0, 0.1) is 5.92 Å². The lowest BCUT2D eigenvalue weighted by atomic mass is 9.92. The summed E-state index contributed by atoms with van der Waals surface area (Å²) >= 11 is 0. The van der Waals surface area contributed by atoms with Crippen LogP contribution >= 0.6 is 0 Å². The molecule has 0 saturated carbocycles. The number of esters is 1. The van der Waals surface area contributed by atoms with Crippen LogP contribution in [0.5, 0.6) is 11.5 Å². The third-order valence-corrected chi connectivity index (χ3v) is 8.90. The third kappa shape index (κ3) is 3.96. The van der Waals surface area contributed by atoms with Gasteiger partial charge >= 0.3 is 12.1 Å². The van der Waals surface area contributed by atoms with Gasteiger partial charge in [-0.2, -0.15) is 0 Å². The predicted molar refractivity (Wildman–Crippen MR) is 117 cm³/mol. The van der Waals surface area contributed by atoms with Crippen molar-refractivity contribution >= 4 is 27.9 Å². The second kappa shape index (κ2) is 8.64. The SMILES string of the molecule is CC1(C)[C@H](C(=O)Oc2cccc(O)c2)N2C(=O)[C@@H](COC(=O)OCc3ccccc3)[C@H]2S1(=O)=O. The number of hydrogen-bond donors (Lipinski definition) is 1. The molecular formula is C23H23NO9S. The number of carbonyl (C=O) groups excluding carboxylic acids is 3. The molecule has 2 fully saturated rings. The summed E-state index contributed by atoms with van der Waals surface area (Å²) in [5, 5.41) is 8.23. The van der Waals surface area contributed by atoms with E-state index in [-0.39, 0.29) is 18.1 Å². The molecule has 1 amide bonds. The third-order valence-electron chi connectivity index (χ3n) is 6.02. The van der Waals surface area contributed by atoms with Gasteiger partial charge < -0.3 is 24.2 Å². The van der Waals surface area contributed by atoms with E-state index in [2.05, 4.69) is 0 Å². The van der Waals surface area contributed by atoms with Crippen LogP contribution in [0.1, 0.15) is 19.4 Å². The van der Waals surface area contributed by atoms with E-state index in [4.69, 9.17) is 14.2 Å². The van der Waals surface area contributed by atoms with Crippen LogP contribution in [-0.4, -0.2) is 59.2 Å². The van der Waals surface area contributed by atoms with Crippen molar-refractivity contribution in [3.63, 3.8) is 0 Å².